The Hall–Kier alpha value is -4.98. The molecule has 4 rings (SSSR count). The average molecular weight is 535 g/mol. The lowest BCUT2D eigenvalue weighted by molar-refractivity contribution is 0.872. The number of anilines is 4. The van der Waals surface area contributed by atoms with Crippen LogP contribution in [0.5, 0.6) is 0 Å². The first-order valence-corrected chi connectivity index (χ1v) is 13.2. The topological polar surface area (TPSA) is 140 Å². The minimum atomic E-state index is -0.131. The lowest BCUT2D eigenvalue weighted by atomic mass is 9.96. The van der Waals surface area contributed by atoms with Gasteiger partial charge in [-0.15, -0.1) is 0 Å². The molecule has 1 unspecified atom stereocenters. The van der Waals surface area contributed by atoms with Crippen molar-refractivity contribution in [3.8, 4) is 33.8 Å². The molecule has 0 bridgehead atoms. The summed E-state index contributed by atoms with van der Waals surface area (Å²) in [5.74, 6) is -0.131. The normalized spacial score (nSPS) is 12.6. The number of nitrogens with two attached hydrogens (primary N) is 3. The van der Waals surface area contributed by atoms with Crippen molar-refractivity contribution in [2.45, 2.75) is 19.8 Å². The second-order valence-corrected chi connectivity index (χ2v) is 9.76. The zero-order valence-electron chi connectivity index (χ0n) is 23.7. The average Bonchev–Trinajstić information content (AvgIpc) is 2.95. The van der Waals surface area contributed by atoms with Gasteiger partial charge in [-0.25, -0.2) is 9.97 Å². The van der Waals surface area contributed by atoms with E-state index in [4.69, 9.17) is 27.2 Å². The molecule has 0 saturated heterocycles. The molecule has 3 aromatic carbocycles. The van der Waals surface area contributed by atoms with Gasteiger partial charge in [0.05, 0.1) is 22.8 Å². The standard InChI is InChI=1S/C32H38N8/c1-19(11-26(36-3)12-20(2)33)29-31(22-13-24(34)17-27(15-22)37-4)40-30(21-9-7-6-8-10-21)32(39-29)23-14-25(35)18-28(16-23)38-5/h6-19,36-38H,33-35H2,1-5H3/b20-12+,26-11+. The number of hydrogen-bond donors (Lipinski definition) is 6. The summed E-state index contributed by atoms with van der Waals surface area (Å²) in [7, 11) is 5.61. The van der Waals surface area contributed by atoms with E-state index in [-0.39, 0.29) is 5.92 Å². The summed E-state index contributed by atoms with van der Waals surface area (Å²) in [4.78, 5) is 10.6. The first-order valence-electron chi connectivity index (χ1n) is 13.2. The summed E-state index contributed by atoms with van der Waals surface area (Å²) in [5, 5.41) is 9.63. The van der Waals surface area contributed by atoms with E-state index in [1.165, 1.54) is 0 Å². The second kappa shape index (κ2) is 12.3. The molecule has 206 valence electrons. The van der Waals surface area contributed by atoms with Crippen LogP contribution in [-0.4, -0.2) is 31.1 Å². The minimum Gasteiger partial charge on any atom is -0.402 e. The molecule has 0 radical (unpaired) electrons. The molecule has 0 amide bonds. The number of benzene rings is 3. The van der Waals surface area contributed by atoms with Gasteiger partial charge in [0.15, 0.2) is 0 Å². The van der Waals surface area contributed by atoms with Gasteiger partial charge in [0.2, 0.25) is 0 Å². The van der Waals surface area contributed by atoms with Crippen molar-refractivity contribution in [1.82, 2.24) is 15.3 Å². The Morgan fingerprint density at radius 3 is 1.82 bits per heavy atom. The molecule has 0 aliphatic carbocycles. The Kier molecular flexibility index (Phi) is 8.59. The first-order chi connectivity index (χ1) is 19.2. The van der Waals surface area contributed by atoms with Crippen LogP contribution >= 0.6 is 0 Å². The van der Waals surface area contributed by atoms with E-state index >= 15 is 0 Å². The van der Waals surface area contributed by atoms with Gasteiger partial charge < -0.3 is 33.2 Å². The van der Waals surface area contributed by atoms with E-state index in [1.54, 1.807) is 0 Å². The maximum atomic E-state index is 6.32. The summed E-state index contributed by atoms with van der Waals surface area (Å²) in [5.41, 5.74) is 29.0. The van der Waals surface area contributed by atoms with Gasteiger partial charge in [0, 0.05) is 77.9 Å². The van der Waals surface area contributed by atoms with Crippen LogP contribution in [0, 0.1) is 0 Å². The second-order valence-electron chi connectivity index (χ2n) is 9.76. The summed E-state index contributed by atoms with van der Waals surface area (Å²) >= 11 is 0. The van der Waals surface area contributed by atoms with Crippen molar-refractivity contribution in [3.63, 3.8) is 0 Å². The number of aromatic nitrogens is 2. The van der Waals surface area contributed by atoms with Crippen LogP contribution in [0.15, 0.2) is 90.3 Å². The quantitative estimate of drug-likeness (QED) is 0.117. The Bertz CT molecular complexity index is 1550. The molecule has 1 heterocycles. The highest BCUT2D eigenvalue weighted by Gasteiger charge is 2.22. The van der Waals surface area contributed by atoms with Gasteiger partial charge in [0.25, 0.3) is 0 Å². The molecule has 1 aromatic heterocycles. The molecule has 0 aliphatic heterocycles. The predicted molar refractivity (Wildman–Crippen MR) is 170 cm³/mol. The van der Waals surface area contributed by atoms with Crippen LogP contribution in [0.4, 0.5) is 22.7 Å². The van der Waals surface area contributed by atoms with Gasteiger partial charge in [-0.05, 0) is 49.4 Å². The monoisotopic (exact) mass is 534 g/mol. The number of nitrogens with zero attached hydrogens (tertiary/aromatic N) is 2. The lowest BCUT2D eigenvalue weighted by Gasteiger charge is -2.20. The summed E-state index contributed by atoms with van der Waals surface area (Å²) in [6.45, 7) is 3.96. The fraction of sp³-hybridized carbons (Fsp3) is 0.188. The van der Waals surface area contributed by atoms with E-state index < -0.39 is 0 Å². The van der Waals surface area contributed by atoms with E-state index in [2.05, 4.69) is 29.0 Å². The molecule has 8 heteroatoms. The molecular formula is C32H38N8. The van der Waals surface area contributed by atoms with Crippen molar-refractivity contribution in [2.75, 3.05) is 43.2 Å². The molecule has 0 aliphatic rings. The summed E-state index contributed by atoms with van der Waals surface area (Å²) < 4.78 is 0. The zero-order valence-corrected chi connectivity index (χ0v) is 23.7. The number of nitrogen functional groups attached to an aromatic ring is 2. The Labute approximate surface area is 236 Å². The molecule has 40 heavy (non-hydrogen) atoms. The highest BCUT2D eigenvalue weighted by Crippen LogP contribution is 2.38. The maximum Gasteiger partial charge on any atom is 0.0973 e. The van der Waals surface area contributed by atoms with Gasteiger partial charge >= 0.3 is 0 Å². The smallest absolute Gasteiger partial charge is 0.0973 e. The number of rotatable bonds is 9. The highest BCUT2D eigenvalue weighted by molar-refractivity contribution is 5.84. The third-order valence-corrected chi connectivity index (χ3v) is 6.54. The fourth-order valence-electron chi connectivity index (χ4n) is 4.64. The maximum absolute atomic E-state index is 6.32. The number of likely N-dealkylation sites (N-methyl/N-ethyl adjacent to an activating group) is 1. The van der Waals surface area contributed by atoms with Crippen LogP contribution in [-0.2, 0) is 0 Å². The molecule has 9 N–H and O–H groups in total. The van der Waals surface area contributed by atoms with Crippen LogP contribution in [0.2, 0.25) is 0 Å². The van der Waals surface area contributed by atoms with Gasteiger partial charge in [0.1, 0.15) is 0 Å². The van der Waals surface area contributed by atoms with Crippen molar-refractivity contribution in [2.24, 2.45) is 5.73 Å². The Balaban J connectivity index is 2.09. The van der Waals surface area contributed by atoms with E-state index in [0.29, 0.717) is 17.1 Å². The molecule has 0 saturated carbocycles. The molecule has 1 atom stereocenters. The lowest BCUT2D eigenvalue weighted by Crippen LogP contribution is -2.10. The zero-order chi connectivity index (χ0) is 28.8. The van der Waals surface area contributed by atoms with Crippen LogP contribution in [0.3, 0.4) is 0 Å². The van der Waals surface area contributed by atoms with Crippen molar-refractivity contribution < 1.29 is 0 Å². The molecule has 0 spiro atoms. The van der Waals surface area contributed by atoms with Crippen LogP contribution < -0.4 is 33.2 Å². The van der Waals surface area contributed by atoms with Crippen LogP contribution in [0.25, 0.3) is 33.8 Å². The number of hydrogen-bond acceptors (Lipinski definition) is 8. The number of allylic oxidation sites excluding steroid dienone is 3. The molecule has 4 aromatic rings. The third kappa shape index (κ3) is 6.35. The van der Waals surface area contributed by atoms with Gasteiger partial charge in [-0.2, -0.15) is 0 Å². The Morgan fingerprint density at radius 1 is 0.750 bits per heavy atom. The predicted octanol–water partition coefficient (Wildman–Crippen LogP) is 5.79. The number of nitrogens with one attached hydrogen (secondary N) is 3. The molecule has 0 fully saturated rings. The van der Waals surface area contributed by atoms with E-state index in [1.807, 2.05) is 101 Å². The van der Waals surface area contributed by atoms with E-state index in [0.717, 1.165) is 56.5 Å². The first kappa shape index (κ1) is 28.0. The summed E-state index contributed by atoms with van der Waals surface area (Å²) in [6, 6.07) is 21.8. The minimum absolute atomic E-state index is 0.131. The van der Waals surface area contributed by atoms with Crippen molar-refractivity contribution in [3.05, 3.63) is 96.0 Å². The van der Waals surface area contributed by atoms with Crippen molar-refractivity contribution in [1.29, 1.82) is 0 Å². The largest absolute Gasteiger partial charge is 0.402 e. The fourth-order valence-corrected chi connectivity index (χ4v) is 4.64. The molecular weight excluding hydrogens is 496 g/mol. The van der Waals surface area contributed by atoms with E-state index in [9.17, 15) is 0 Å². The van der Waals surface area contributed by atoms with Gasteiger partial charge in [-0.3, -0.25) is 0 Å². The highest BCUT2D eigenvalue weighted by atomic mass is 14.9. The Morgan fingerprint density at radius 2 is 1.30 bits per heavy atom. The molecule has 8 nitrogen and oxygen atoms in total. The van der Waals surface area contributed by atoms with Gasteiger partial charge in [-0.1, -0.05) is 43.3 Å². The third-order valence-electron chi connectivity index (χ3n) is 6.54. The SMILES string of the molecule is CNC(/C=C(\C)N)=C/C(C)c1nc(-c2cc(N)cc(NC)c2)c(-c2ccccc2)nc1-c1cc(N)cc(NC)c1. The summed E-state index contributed by atoms with van der Waals surface area (Å²) in [6.07, 6.45) is 4.00. The van der Waals surface area contributed by atoms with Crippen molar-refractivity contribution >= 4 is 22.7 Å². The van der Waals surface area contributed by atoms with Crippen LogP contribution in [0.1, 0.15) is 25.5 Å².